The van der Waals surface area contributed by atoms with Crippen molar-refractivity contribution in [1.82, 2.24) is 34.8 Å². The molecule has 0 atom stereocenters. The molecule has 7 rings (SSSR count). The van der Waals surface area contributed by atoms with Crippen molar-refractivity contribution < 1.29 is 40.6 Å². The second-order valence-electron chi connectivity index (χ2n) is 15.9. The number of sulfonamides is 1. The molecular formula is C47H49N7O9S2. The van der Waals surface area contributed by atoms with Crippen molar-refractivity contribution in [2.24, 2.45) is 0 Å². The number of benzene rings is 5. The first-order valence-electron chi connectivity index (χ1n) is 20.5. The lowest BCUT2D eigenvalue weighted by atomic mass is 9.96. The molecular weight excluding hydrogens is 871 g/mol. The van der Waals surface area contributed by atoms with Gasteiger partial charge in [-0.15, -0.1) is 10.2 Å². The first-order valence-corrected chi connectivity index (χ1v) is 23.5. The Kier molecular flexibility index (Phi) is 13.8. The fraction of sp³-hybridized carbons (Fsp3) is 0.255. The quantitative estimate of drug-likeness (QED) is 0.0956. The van der Waals surface area contributed by atoms with Crippen LogP contribution in [0.1, 0.15) is 37.5 Å². The molecule has 16 nitrogen and oxygen atoms in total. The Balaban J connectivity index is 1.48. The predicted octanol–water partition coefficient (Wildman–Crippen LogP) is 7.32. The monoisotopic (exact) mass is 919 g/mol. The smallest absolute Gasteiger partial charge is 0.407 e. The van der Waals surface area contributed by atoms with E-state index in [1.807, 2.05) is 36.4 Å². The molecule has 0 bridgehead atoms. The van der Waals surface area contributed by atoms with E-state index in [0.717, 1.165) is 10.9 Å². The van der Waals surface area contributed by atoms with Crippen molar-refractivity contribution in [3.63, 3.8) is 0 Å². The van der Waals surface area contributed by atoms with Gasteiger partial charge in [-0.05, 0) is 96.1 Å². The molecule has 0 aliphatic heterocycles. The van der Waals surface area contributed by atoms with Gasteiger partial charge in [0.2, 0.25) is 15.8 Å². The van der Waals surface area contributed by atoms with Crippen molar-refractivity contribution in [1.29, 1.82) is 0 Å². The molecule has 0 fully saturated rings. The van der Waals surface area contributed by atoms with E-state index < -0.39 is 53.6 Å². The standard InChI is InChI=1S/C47H49N7O9S2/c1-47(2,3)63-46(55)49-25-26-64(56,57)42-24-23-40(41-28-48-27-35-9-7-8-10-39(35)41)43(45-50-52-54(51-45)31-34-15-21-38(62-6)22-16-34)44(42)65(58,59)53(29-32-11-17-36(60-4)18-12-32)30-33-13-19-37(61-5)20-14-33/h7-24,27-28H,25-26,29-31H2,1-6H3,(H,49,55). The van der Waals surface area contributed by atoms with Gasteiger partial charge in [0, 0.05) is 43.0 Å². The number of amides is 1. The van der Waals surface area contributed by atoms with Crippen LogP contribution in [0.2, 0.25) is 0 Å². The highest BCUT2D eigenvalue weighted by Gasteiger charge is 2.38. The van der Waals surface area contributed by atoms with E-state index in [0.29, 0.717) is 39.3 Å². The minimum absolute atomic E-state index is 0.111. The molecule has 1 N–H and O–H groups in total. The summed E-state index contributed by atoms with van der Waals surface area (Å²) in [6.07, 6.45) is 2.44. The Morgan fingerprint density at radius 1 is 0.708 bits per heavy atom. The molecule has 0 saturated heterocycles. The van der Waals surface area contributed by atoms with Gasteiger partial charge in [0.25, 0.3) is 0 Å². The van der Waals surface area contributed by atoms with Gasteiger partial charge in [0.05, 0.1) is 44.1 Å². The number of pyridine rings is 1. The summed E-state index contributed by atoms with van der Waals surface area (Å²) in [7, 11) is -4.83. The maximum absolute atomic E-state index is 16.0. The van der Waals surface area contributed by atoms with E-state index in [-0.39, 0.29) is 36.6 Å². The average molecular weight is 920 g/mol. The molecule has 0 aliphatic carbocycles. The summed E-state index contributed by atoms with van der Waals surface area (Å²) in [6.45, 7) is 4.42. The third-order valence-corrected chi connectivity index (χ3v) is 14.0. The number of hydrogen-bond acceptors (Lipinski definition) is 13. The normalized spacial score (nSPS) is 12.0. The molecule has 0 aliphatic rings. The molecule has 338 valence electrons. The largest absolute Gasteiger partial charge is 0.497 e. The first-order chi connectivity index (χ1) is 31.1. The summed E-state index contributed by atoms with van der Waals surface area (Å²) in [5.41, 5.74) is 1.80. The molecule has 18 heteroatoms. The third-order valence-electron chi connectivity index (χ3n) is 10.2. The van der Waals surface area contributed by atoms with E-state index in [2.05, 4.69) is 20.6 Å². The zero-order valence-corrected chi connectivity index (χ0v) is 38.4. The topological polar surface area (TPSA) is 194 Å². The molecule has 2 heterocycles. The molecule has 0 saturated carbocycles. The Labute approximate surface area is 378 Å². The Morgan fingerprint density at radius 2 is 1.28 bits per heavy atom. The Morgan fingerprint density at radius 3 is 1.85 bits per heavy atom. The number of hydrogen-bond donors (Lipinski definition) is 1. The fourth-order valence-corrected chi connectivity index (χ4v) is 10.7. The van der Waals surface area contributed by atoms with Gasteiger partial charge in [-0.25, -0.2) is 21.6 Å². The van der Waals surface area contributed by atoms with E-state index in [4.69, 9.17) is 24.0 Å². The zero-order chi connectivity index (χ0) is 46.4. The number of carbonyl (C=O) groups is 1. The highest BCUT2D eigenvalue weighted by atomic mass is 32.2. The molecule has 5 aromatic carbocycles. The number of fused-ring (bicyclic) bond motifs is 1. The number of alkyl carbamates (subject to hydrolysis) is 1. The van der Waals surface area contributed by atoms with Gasteiger partial charge in [-0.3, -0.25) is 4.98 Å². The lowest BCUT2D eigenvalue weighted by molar-refractivity contribution is 0.0531. The maximum Gasteiger partial charge on any atom is 0.407 e. The van der Waals surface area contributed by atoms with Crippen molar-refractivity contribution in [3.8, 4) is 39.8 Å². The van der Waals surface area contributed by atoms with Crippen LogP contribution in [0.25, 0.3) is 33.3 Å². The van der Waals surface area contributed by atoms with Gasteiger partial charge >= 0.3 is 6.09 Å². The number of aromatic nitrogens is 5. The molecule has 2 aromatic heterocycles. The number of sulfone groups is 1. The molecule has 0 unspecified atom stereocenters. The van der Waals surface area contributed by atoms with Gasteiger partial charge in [0.1, 0.15) is 27.7 Å². The Hall–Kier alpha value is -6.89. The summed E-state index contributed by atoms with van der Waals surface area (Å²) in [5, 5.41) is 17.4. The minimum Gasteiger partial charge on any atom is -0.497 e. The first kappa shape index (κ1) is 46.1. The van der Waals surface area contributed by atoms with Gasteiger partial charge in [0.15, 0.2) is 9.84 Å². The number of methoxy groups -OCH3 is 3. The summed E-state index contributed by atoms with van der Waals surface area (Å²) in [4.78, 5) is 17.3. The molecule has 0 radical (unpaired) electrons. The molecule has 7 aromatic rings. The highest BCUT2D eigenvalue weighted by Crippen LogP contribution is 2.43. The van der Waals surface area contributed by atoms with Crippen LogP contribution in [-0.2, 0) is 44.2 Å². The number of carbonyl (C=O) groups excluding carboxylic acids is 1. The number of tetrazole rings is 1. The van der Waals surface area contributed by atoms with E-state index in [1.54, 1.807) is 101 Å². The second kappa shape index (κ2) is 19.5. The number of nitrogens with one attached hydrogen (secondary N) is 1. The fourth-order valence-electron chi connectivity index (χ4n) is 7.08. The number of rotatable bonds is 17. The summed E-state index contributed by atoms with van der Waals surface area (Å²) in [6, 6.07) is 31.3. The van der Waals surface area contributed by atoms with Crippen molar-refractivity contribution in [2.75, 3.05) is 33.6 Å². The van der Waals surface area contributed by atoms with E-state index in [1.165, 1.54) is 35.5 Å². The zero-order valence-electron chi connectivity index (χ0n) is 36.8. The van der Waals surface area contributed by atoms with Crippen LogP contribution in [-0.4, -0.2) is 91.7 Å². The predicted molar refractivity (Wildman–Crippen MR) is 245 cm³/mol. The van der Waals surface area contributed by atoms with Crippen molar-refractivity contribution in [3.05, 3.63) is 138 Å². The number of nitrogens with zero attached hydrogens (tertiary/aromatic N) is 6. The summed E-state index contributed by atoms with van der Waals surface area (Å²) < 4.78 is 84.2. The van der Waals surface area contributed by atoms with Crippen molar-refractivity contribution in [2.45, 2.75) is 55.8 Å². The number of ether oxygens (including phenoxy) is 4. The summed E-state index contributed by atoms with van der Waals surface area (Å²) in [5.74, 6) is 0.941. The van der Waals surface area contributed by atoms with Crippen LogP contribution in [0.15, 0.2) is 131 Å². The maximum atomic E-state index is 16.0. The van der Waals surface area contributed by atoms with E-state index in [9.17, 15) is 13.2 Å². The molecule has 65 heavy (non-hydrogen) atoms. The highest BCUT2D eigenvalue weighted by molar-refractivity contribution is 7.93. The van der Waals surface area contributed by atoms with Crippen LogP contribution in [0, 0.1) is 0 Å². The van der Waals surface area contributed by atoms with Crippen LogP contribution >= 0.6 is 0 Å². The molecule has 1 amide bonds. The Bertz CT molecular complexity index is 2960. The van der Waals surface area contributed by atoms with Gasteiger partial charge in [-0.2, -0.15) is 9.10 Å². The van der Waals surface area contributed by atoms with Crippen LogP contribution in [0.4, 0.5) is 4.79 Å². The van der Waals surface area contributed by atoms with Crippen LogP contribution in [0.5, 0.6) is 17.2 Å². The SMILES string of the molecule is COc1ccc(CN(Cc2ccc(OC)cc2)S(=O)(=O)c2c(S(=O)(=O)CCNC(=O)OC(C)(C)C)ccc(-c3cncc4ccccc34)c2-c2nnn(Cc3ccc(OC)cc3)n2)cc1. The second-order valence-corrected chi connectivity index (χ2v) is 19.9. The van der Waals surface area contributed by atoms with E-state index >= 15 is 8.42 Å². The average Bonchev–Trinajstić information content (AvgIpc) is 3.76. The molecule has 0 spiro atoms. The summed E-state index contributed by atoms with van der Waals surface area (Å²) >= 11 is 0. The van der Waals surface area contributed by atoms with Gasteiger partial charge < -0.3 is 24.3 Å². The van der Waals surface area contributed by atoms with Gasteiger partial charge in [-0.1, -0.05) is 66.7 Å². The third kappa shape index (κ3) is 10.9. The van der Waals surface area contributed by atoms with Crippen molar-refractivity contribution >= 4 is 36.7 Å². The lowest BCUT2D eigenvalue weighted by Gasteiger charge is -2.26. The van der Waals surface area contributed by atoms with Crippen LogP contribution < -0.4 is 19.5 Å². The minimum atomic E-state index is -4.90. The van der Waals surface area contributed by atoms with Crippen LogP contribution in [0.3, 0.4) is 0 Å². The lowest BCUT2D eigenvalue weighted by Crippen LogP contribution is -2.35.